The maximum atomic E-state index is 12.3. The number of nitro benzene ring substituents is 1. The van der Waals surface area contributed by atoms with Crippen molar-refractivity contribution in [1.29, 1.82) is 0 Å². The van der Waals surface area contributed by atoms with Gasteiger partial charge in [-0.1, -0.05) is 46.3 Å². The molecule has 3 aromatic carbocycles. The van der Waals surface area contributed by atoms with Gasteiger partial charge in [0.1, 0.15) is 12.4 Å². The van der Waals surface area contributed by atoms with Crippen LogP contribution < -0.4 is 4.74 Å². The van der Waals surface area contributed by atoms with Crippen molar-refractivity contribution in [2.45, 2.75) is 6.61 Å². The zero-order valence-electron chi connectivity index (χ0n) is 16.0. The number of cyclic esters (lactones) is 1. The molecule has 31 heavy (non-hydrogen) atoms. The Kier molecular flexibility index (Phi) is 5.90. The SMILES string of the molecule is O=C1OC(c2ccc([N+](=O)[O-])cc2)=N/C1=C\c1ccccc1OCc1ccc(Br)cc1. The van der Waals surface area contributed by atoms with Crippen molar-refractivity contribution in [3.8, 4) is 5.75 Å². The van der Waals surface area contributed by atoms with Crippen LogP contribution in [0.5, 0.6) is 5.75 Å². The van der Waals surface area contributed by atoms with E-state index in [1.54, 1.807) is 6.08 Å². The van der Waals surface area contributed by atoms with E-state index in [0.717, 1.165) is 10.0 Å². The van der Waals surface area contributed by atoms with Gasteiger partial charge in [0.05, 0.1) is 4.92 Å². The summed E-state index contributed by atoms with van der Waals surface area (Å²) in [4.78, 5) is 26.9. The molecular weight excluding hydrogens is 464 g/mol. The van der Waals surface area contributed by atoms with E-state index >= 15 is 0 Å². The third kappa shape index (κ3) is 4.87. The zero-order valence-corrected chi connectivity index (χ0v) is 17.6. The third-order valence-electron chi connectivity index (χ3n) is 4.46. The van der Waals surface area contributed by atoms with E-state index in [2.05, 4.69) is 20.9 Å². The highest BCUT2D eigenvalue weighted by Crippen LogP contribution is 2.26. The summed E-state index contributed by atoms with van der Waals surface area (Å²) in [5.74, 6) is 0.0974. The Morgan fingerprint density at radius 3 is 2.45 bits per heavy atom. The molecule has 1 heterocycles. The fraction of sp³-hybridized carbons (Fsp3) is 0.0435. The van der Waals surface area contributed by atoms with Gasteiger partial charge in [0, 0.05) is 27.7 Å². The average molecular weight is 479 g/mol. The van der Waals surface area contributed by atoms with Gasteiger partial charge in [0.2, 0.25) is 5.90 Å². The summed E-state index contributed by atoms with van der Waals surface area (Å²) in [5, 5.41) is 10.8. The number of carbonyl (C=O) groups is 1. The van der Waals surface area contributed by atoms with Crippen LogP contribution in [0.25, 0.3) is 6.08 Å². The van der Waals surface area contributed by atoms with Crippen LogP contribution in [0.4, 0.5) is 5.69 Å². The van der Waals surface area contributed by atoms with Crippen molar-refractivity contribution >= 4 is 39.6 Å². The molecule has 0 bridgehead atoms. The fourth-order valence-corrected chi connectivity index (χ4v) is 3.14. The maximum Gasteiger partial charge on any atom is 0.363 e. The maximum absolute atomic E-state index is 12.3. The Morgan fingerprint density at radius 1 is 1.03 bits per heavy atom. The van der Waals surface area contributed by atoms with Gasteiger partial charge in [0.15, 0.2) is 5.70 Å². The van der Waals surface area contributed by atoms with Crippen LogP contribution in [0.1, 0.15) is 16.7 Å². The monoisotopic (exact) mass is 478 g/mol. The molecule has 0 saturated carbocycles. The second kappa shape index (κ2) is 8.93. The van der Waals surface area contributed by atoms with Crippen molar-refractivity contribution in [2.75, 3.05) is 0 Å². The van der Waals surface area contributed by atoms with E-state index in [1.165, 1.54) is 24.3 Å². The second-order valence-electron chi connectivity index (χ2n) is 6.59. The molecule has 8 heteroatoms. The first-order valence-electron chi connectivity index (χ1n) is 9.23. The first-order valence-corrected chi connectivity index (χ1v) is 10.0. The molecule has 7 nitrogen and oxygen atoms in total. The minimum Gasteiger partial charge on any atom is -0.488 e. The van der Waals surface area contributed by atoms with Gasteiger partial charge >= 0.3 is 5.97 Å². The van der Waals surface area contributed by atoms with E-state index in [9.17, 15) is 14.9 Å². The van der Waals surface area contributed by atoms with Gasteiger partial charge in [0.25, 0.3) is 5.69 Å². The number of esters is 1. The molecule has 4 rings (SSSR count). The number of hydrogen-bond acceptors (Lipinski definition) is 6. The van der Waals surface area contributed by atoms with Gasteiger partial charge in [-0.2, -0.15) is 0 Å². The fourth-order valence-electron chi connectivity index (χ4n) is 2.88. The first-order chi connectivity index (χ1) is 15.0. The van der Waals surface area contributed by atoms with Crippen molar-refractivity contribution in [3.05, 3.63) is 110 Å². The summed E-state index contributed by atoms with van der Waals surface area (Å²) in [6.07, 6.45) is 1.59. The lowest BCUT2D eigenvalue weighted by atomic mass is 10.1. The van der Waals surface area contributed by atoms with Crippen molar-refractivity contribution in [3.63, 3.8) is 0 Å². The van der Waals surface area contributed by atoms with Crippen LogP contribution in [-0.2, 0) is 16.1 Å². The molecule has 0 aliphatic carbocycles. The number of nitro groups is 1. The number of benzene rings is 3. The Bertz CT molecular complexity index is 1200. The lowest BCUT2D eigenvalue weighted by molar-refractivity contribution is -0.384. The molecule has 0 radical (unpaired) electrons. The van der Waals surface area contributed by atoms with E-state index in [1.807, 2.05) is 48.5 Å². The van der Waals surface area contributed by atoms with Crippen molar-refractivity contribution in [2.24, 2.45) is 4.99 Å². The summed E-state index contributed by atoms with van der Waals surface area (Å²) in [6, 6.07) is 20.7. The lowest BCUT2D eigenvalue weighted by Crippen LogP contribution is -2.05. The van der Waals surface area contributed by atoms with Gasteiger partial charge < -0.3 is 9.47 Å². The topological polar surface area (TPSA) is 91.0 Å². The Labute approximate surface area is 185 Å². The first kappa shape index (κ1) is 20.5. The van der Waals surface area contributed by atoms with Crippen LogP contribution in [0.15, 0.2) is 88.0 Å². The molecule has 3 aromatic rings. The predicted molar refractivity (Wildman–Crippen MR) is 119 cm³/mol. The van der Waals surface area contributed by atoms with Crippen molar-refractivity contribution in [1.82, 2.24) is 0 Å². The van der Waals surface area contributed by atoms with Gasteiger partial charge in [-0.3, -0.25) is 10.1 Å². The number of non-ortho nitro benzene ring substituents is 1. The number of halogens is 1. The average Bonchev–Trinajstić information content (AvgIpc) is 3.14. The molecule has 154 valence electrons. The Morgan fingerprint density at radius 2 is 1.74 bits per heavy atom. The number of para-hydroxylation sites is 1. The number of ether oxygens (including phenoxy) is 2. The van der Waals surface area contributed by atoms with Crippen LogP contribution in [0.3, 0.4) is 0 Å². The normalized spacial score (nSPS) is 14.3. The predicted octanol–water partition coefficient (Wildman–Crippen LogP) is 5.28. The minimum atomic E-state index is -0.601. The highest BCUT2D eigenvalue weighted by atomic mass is 79.9. The van der Waals surface area contributed by atoms with Gasteiger partial charge in [-0.15, -0.1) is 0 Å². The summed E-state index contributed by atoms with van der Waals surface area (Å²) in [7, 11) is 0. The largest absolute Gasteiger partial charge is 0.488 e. The van der Waals surface area contributed by atoms with Crippen LogP contribution in [0.2, 0.25) is 0 Å². The third-order valence-corrected chi connectivity index (χ3v) is 4.99. The second-order valence-corrected chi connectivity index (χ2v) is 7.51. The Balaban J connectivity index is 1.55. The minimum absolute atomic E-state index is 0.0544. The summed E-state index contributed by atoms with van der Waals surface area (Å²) < 4.78 is 12.2. The molecule has 0 fully saturated rings. The lowest BCUT2D eigenvalue weighted by Gasteiger charge is -2.09. The Hall–Kier alpha value is -3.78. The standard InChI is InChI=1S/C23H15BrN2O5/c24-18-9-5-15(6-10-18)14-30-21-4-2-1-3-17(21)13-20-23(27)31-22(25-20)16-7-11-19(12-8-16)26(28)29/h1-13H,14H2/b20-13-. The van der Waals surface area contributed by atoms with E-state index < -0.39 is 10.9 Å². The number of aliphatic imine (C=N–C) groups is 1. The van der Waals surface area contributed by atoms with Crippen molar-refractivity contribution < 1.29 is 19.2 Å². The molecule has 0 saturated heterocycles. The summed E-state index contributed by atoms with van der Waals surface area (Å²) in [5.41, 5.74) is 2.22. The highest BCUT2D eigenvalue weighted by Gasteiger charge is 2.25. The van der Waals surface area contributed by atoms with Crippen LogP contribution in [-0.4, -0.2) is 16.8 Å². The molecular formula is C23H15BrN2O5. The number of carbonyl (C=O) groups excluding carboxylic acids is 1. The molecule has 0 unspecified atom stereocenters. The van der Waals surface area contributed by atoms with Crippen LogP contribution >= 0.6 is 15.9 Å². The van der Waals surface area contributed by atoms with Crippen LogP contribution in [0, 0.1) is 10.1 Å². The highest BCUT2D eigenvalue weighted by molar-refractivity contribution is 9.10. The molecule has 1 aliphatic heterocycles. The quantitative estimate of drug-likeness (QED) is 0.208. The van der Waals surface area contributed by atoms with E-state index in [0.29, 0.717) is 23.5 Å². The molecule has 0 atom stereocenters. The smallest absolute Gasteiger partial charge is 0.363 e. The molecule has 0 aromatic heterocycles. The molecule has 1 aliphatic rings. The summed E-state index contributed by atoms with van der Waals surface area (Å²) >= 11 is 3.40. The molecule has 0 N–H and O–H groups in total. The van der Waals surface area contributed by atoms with Gasteiger partial charge in [-0.05, 0) is 42.0 Å². The molecule has 0 amide bonds. The van der Waals surface area contributed by atoms with E-state index in [-0.39, 0.29) is 17.3 Å². The zero-order chi connectivity index (χ0) is 21.8. The van der Waals surface area contributed by atoms with E-state index in [4.69, 9.17) is 9.47 Å². The number of nitrogens with zero attached hydrogens (tertiary/aromatic N) is 2. The summed E-state index contributed by atoms with van der Waals surface area (Å²) in [6.45, 7) is 0.370. The van der Waals surface area contributed by atoms with Gasteiger partial charge in [-0.25, -0.2) is 9.79 Å². The molecule has 0 spiro atoms. The number of rotatable bonds is 6. The number of hydrogen-bond donors (Lipinski definition) is 0.